The highest BCUT2D eigenvalue weighted by atomic mass is 35.5. The van der Waals surface area contributed by atoms with Crippen molar-refractivity contribution in [2.75, 3.05) is 19.7 Å². The summed E-state index contributed by atoms with van der Waals surface area (Å²) in [6.45, 7) is 2.07. The van der Waals surface area contributed by atoms with Crippen molar-refractivity contribution in [3.63, 3.8) is 0 Å². The van der Waals surface area contributed by atoms with Gasteiger partial charge in [0.05, 0.1) is 23.7 Å². The number of benzene rings is 1. The van der Waals surface area contributed by atoms with Gasteiger partial charge in [-0.05, 0) is 19.1 Å². The van der Waals surface area contributed by atoms with Gasteiger partial charge < -0.3 is 14.7 Å². The highest BCUT2D eigenvalue weighted by Gasteiger charge is 2.31. The van der Waals surface area contributed by atoms with Gasteiger partial charge in [-0.15, -0.1) is 0 Å². The first-order valence-electron chi connectivity index (χ1n) is 6.42. The average molecular weight is 315 g/mol. The molecule has 8 heteroatoms. The van der Waals surface area contributed by atoms with Crippen LogP contribution in [0.2, 0.25) is 5.02 Å². The molecule has 2 unspecified atom stereocenters. The Bertz CT molecular complexity index is 565. The number of amides is 1. The molecule has 21 heavy (non-hydrogen) atoms. The van der Waals surface area contributed by atoms with E-state index in [1.807, 2.05) is 0 Å². The molecular formula is C13H15ClN2O5. The van der Waals surface area contributed by atoms with Crippen molar-refractivity contribution in [1.82, 2.24) is 4.90 Å². The van der Waals surface area contributed by atoms with Crippen LogP contribution in [0.5, 0.6) is 0 Å². The van der Waals surface area contributed by atoms with Crippen LogP contribution in [0, 0.1) is 10.1 Å². The third-order valence-corrected chi connectivity index (χ3v) is 3.44. The summed E-state index contributed by atoms with van der Waals surface area (Å²) in [6, 6.07) is 3.94. The highest BCUT2D eigenvalue weighted by Crippen LogP contribution is 2.25. The van der Waals surface area contributed by atoms with Crippen LogP contribution in [0.25, 0.3) is 0 Å². The summed E-state index contributed by atoms with van der Waals surface area (Å²) in [6.07, 6.45) is -0.727. The Balaban J connectivity index is 2.29. The smallest absolute Gasteiger partial charge is 0.283 e. The summed E-state index contributed by atoms with van der Waals surface area (Å²) in [5, 5.41) is 20.4. The van der Waals surface area contributed by atoms with Gasteiger partial charge in [0.2, 0.25) is 0 Å². The topological polar surface area (TPSA) is 92.9 Å². The Morgan fingerprint density at radius 2 is 2.29 bits per heavy atom. The maximum atomic E-state index is 12.5. The fourth-order valence-electron chi connectivity index (χ4n) is 2.32. The fourth-order valence-corrected chi connectivity index (χ4v) is 2.49. The van der Waals surface area contributed by atoms with Crippen molar-refractivity contribution in [3.8, 4) is 0 Å². The van der Waals surface area contributed by atoms with E-state index in [9.17, 15) is 14.9 Å². The van der Waals surface area contributed by atoms with Gasteiger partial charge in [-0.2, -0.15) is 0 Å². The van der Waals surface area contributed by atoms with Crippen molar-refractivity contribution >= 4 is 23.2 Å². The van der Waals surface area contributed by atoms with Crippen molar-refractivity contribution < 1.29 is 19.6 Å². The van der Waals surface area contributed by atoms with Crippen LogP contribution in [0.3, 0.4) is 0 Å². The second kappa shape index (κ2) is 6.38. The van der Waals surface area contributed by atoms with Crippen LogP contribution in [0.15, 0.2) is 18.2 Å². The normalized spacial score (nSPS) is 22.1. The number of nitro benzene ring substituents is 1. The summed E-state index contributed by atoms with van der Waals surface area (Å²) in [5.74, 6) is -0.466. The van der Waals surface area contributed by atoms with E-state index in [0.29, 0.717) is 6.54 Å². The quantitative estimate of drug-likeness (QED) is 0.673. The molecule has 0 spiro atoms. The van der Waals surface area contributed by atoms with Crippen LogP contribution in [0.1, 0.15) is 17.3 Å². The summed E-state index contributed by atoms with van der Waals surface area (Å²) >= 11 is 5.74. The Morgan fingerprint density at radius 3 is 2.90 bits per heavy atom. The minimum Gasteiger partial charge on any atom is -0.394 e. The Hall–Kier alpha value is -1.70. The number of carbonyl (C=O) groups is 1. The van der Waals surface area contributed by atoms with Crippen LogP contribution in [-0.2, 0) is 4.74 Å². The first-order chi connectivity index (χ1) is 9.92. The molecular weight excluding hydrogens is 300 g/mol. The number of rotatable bonds is 3. The molecule has 2 rings (SSSR count). The standard InChI is InChI=1S/C13H15ClN2O5/c1-8-5-15(6-10(7-17)21-8)13(18)11-3-2-9(14)4-12(11)16(19)20/h2-4,8,10,17H,5-7H2,1H3. The van der Waals surface area contributed by atoms with Crippen LogP contribution in [0.4, 0.5) is 5.69 Å². The van der Waals surface area contributed by atoms with E-state index in [-0.39, 0.29) is 35.5 Å². The third kappa shape index (κ3) is 3.49. The number of carbonyl (C=O) groups excluding carboxylic acids is 1. The Labute approximate surface area is 126 Å². The lowest BCUT2D eigenvalue weighted by Crippen LogP contribution is -2.50. The second-order valence-electron chi connectivity index (χ2n) is 4.88. The molecule has 1 aromatic carbocycles. The molecule has 2 atom stereocenters. The predicted octanol–water partition coefficient (Wildman–Crippen LogP) is 1.47. The number of hydrogen-bond donors (Lipinski definition) is 1. The first-order valence-corrected chi connectivity index (χ1v) is 6.79. The van der Waals surface area contributed by atoms with Crippen LogP contribution < -0.4 is 0 Å². The van der Waals surface area contributed by atoms with Crippen molar-refractivity contribution in [2.24, 2.45) is 0 Å². The van der Waals surface area contributed by atoms with Crippen LogP contribution >= 0.6 is 11.6 Å². The lowest BCUT2D eigenvalue weighted by molar-refractivity contribution is -0.385. The molecule has 114 valence electrons. The predicted molar refractivity (Wildman–Crippen MR) is 75.4 cm³/mol. The minimum absolute atomic E-state index is 0.0183. The van der Waals surface area contributed by atoms with Gasteiger partial charge in [-0.3, -0.25) is 14.9 Å². The molecule has 1 aliphatic heterocycles. The number of ether oxygens (including phenoxy) is 1. The zero-order valence-electron chi connectivity index (χ0n) is 11.4. The molecule has 1 aliphatic rings. The molecule has 1 amide bonds. The lowest BCUT2D eigenvalue weighted by atomic mass is 10.1. The molecule has 0 radical (unpaired) electrons. The zero-order chi connectivity index (χ0) is 15.6. The van der Waals surface area contributed by atoms with E-state index in [2.05, 4.69) is 0 Å². The molecule has 1 fully saturated rings. The van der Waals surface area contributed by atoms with E-state index in [1.165, 1.54) is 17.0 Å². The van der Waals surface area contributed by atoms with Crippen molar-refractivity contribution in [1.29, 1.82) is 0 Å². The van der Waals surface area contributed by atoms with E-state index < -0.39 is 16.9 Å². The minimum atomic E-state index is -0.632. The van der Waals surface area contributed by atoms with Gasteiger partial charge in [-0.1, -0.05) is 11.6 Å². The molecule has 0 bridgehead atoms. The Morgan fingerprint density at radius 1 is 1.57 bits per heavy atom. The summed E-state index contributed by atoms with van der Waals surface area (Å²) in [7, 11) is 0. The number of morpholine rings is 1. The summed E-state index contributed by atoms with van der Waals surface area (Å²) in [4.78, 5) is 24.4. The van der Waals surface area contributed by atoms with Gasteiger partial charge in [0.15, 0.2) is 0 Å². The zero-order valence-corrected chi connectivity index (χ0v) is 12.1. The molecule has 1 heterocycles. The van der Waals surface area contributed by atoms with E-state index in [0.717, 1.165) is 6.07 Å². The average Bonchev–Trinajstić information content (AvgIpc) is 2.45. The first kappa shape index (κ1) is 15.7. The molecule has 1 aromatic rings. The number of aliphatic hydroxyl groups excluding tert-OH is 1. The van der Waals surface area contributed by atoms with E-state index >= 15 is 0 Å². The number of aliphatic hydroxyl groups is 1. The molecule has 0 saturated carbocycles. The molecule has 7 nitrogen and oxygen atoms in total. The molecule has 1 N–H and O–H groups in total. The summed E-state index contributed by atoms with van der Waals surface area (Å²) in [5.41, 5.74) is -0.345. The number of nitrogens with zero attached hydrogens (tertiary/aromatic N) is 2. The maximum Gasteiger partial charge on any atom is 0.283 e. The number of nitro groups is 1. The van der Waals surface area contributed by atoms with Gasteiger partial charge in [0, 0.05) is 24.2 Å². The maximum absolute atomic E-state index is 12.5. The van der Waals surface area contributed by atoms with E-state index in [1.54, 1.807) is 6.92 Å². The number of hydrogen-bond acceptors (Lipinski definition) is 5. The van der Waals surface area contributed by atoms with Crippen molar-refractivity contribution in [2.45, 2.75) is 19.1 Å². The van der Waals surface area contributed by atoms with Gasteiger partial charge in [-0.25, -0.2) is 0 Å². The number of halogens is 1. The van der Waals surface area contributed by atoms with Gasteiger partial charge in [0.1, 0.15) is 5.56 Å². The monoisotopic (exact) mass is 314 g/mol. The highest BCUT2D eigenvalue weighted by molar-refractivity contribution is 6.31. The summed E-state index contributed by atoms with van der Waals surface area (Å²) < 4.78 is 5.45. The molecule has 1 saturated heterocycles. The third-order valence-electron chi connectivity index (χ3n) is 3.20. The molecule has 0 aliphatic carbocycles. The molecule has 0 aromatic heterocycles. The lowest BCUT2D eigenvalue weighted by Gasteiger charge is -2.36. The fraction of sp³-hybridized carbons (Fsp3) is 0.462. The van der Waals surface area contributed by atoms with Crippen molar-refractivity contribution in [3.05, 3.63) is 38.9 Å². The second-order valence-corrected chi connectivity index (χ2v) is 5.32. The van der Waals surface area contributed by atoms with Gasteiger partial charge >= 0.3 is 0 Å². The van der Waals surface area contributed by atoms with Crippen LogP contribution in [-0.4, -0.2) is 52.7 Å². The SMILES string of the molecule is CC1CN(C(=O)c2ccc(Cl)cc2[N+](=O)[O-])CC(CO)O1. The van der Waals surface area contributed by atoms with Gasteiger partial charge in [0.25, 0.3) is 11.6 Å². The van der Waals surface area contributed by atoms with E-state index in [4.69, 9.17) is 21.4 Å². The largest absolute Gasteiger partial charge is 0.394 e. The Kier molecular flexibility index (Phi) is 4.76.